The van der Waals surface area contributed by atoms with E-state index in [9.17, 15) is 9.59 Å². The smallest absolute Gasteiger partial charge is 0.305 e. The minimum Gasteiger partial charge on any atom is -0.497 e. The topological polar surface area (TPSA) is 84.7 Å². The molecule has 4 rings (SSSR count). The van der Waals surface area contributed by atoms with Crippen LogP contribution < -0.4 is 15.2 Å². The number of hydrazine groups is 1. The number of aromatic nitrogens is 1. The molecule has 2 aromatic carbocycles. The minimum absolute atomic E-state index is 0.0906. The lowest BCUT2D eigenvalue weighted by molar-refractivity contribution is 0.0870. The molecule has 0 saturated carbocycles. The van der Waals surface area contributed by atoms with Crippen LogP contribution in [-0.2, 0) is 0 Å². The molecule has 0 atom stereocenters. The molecule has 0 saturated heterocycles. The number of anilines is 1. The van der Waals surface area contributed by atoms with Crippen molar-refractivity contribution in [3.05, 3.63) is 89.7 Å². The molecule has 7 nitrogen and oxygen atoms in total. The fourth-order valence-corrected chi connectivity index (χ4v) is 3.51. The summed E-state index contributed by atoms with van der Waals surface area (Å²) in [4.78, 5) is 30.2. The average molecular weight is 419 g/mol. The molecule has 0 spiro atoms. The van der Waals surface area contributed by atoms with Gasteiger partial charge in [-0.3, -0.25) is 15.0 Å². The second kappa shape index (κ2) is 8.62. The Morgan fingerprint density at radius 2 is 1.80 bits per heavy atom. The van der Waals surface area contributed by atoms with Gasteiger partial charge >= 0.3 is 5.91 Å². The Kier molecular flexibility index (Phi) is 5.58. The van der Waals surface area contributed by atoms with E-state index in [0.29, 0.717) is 16.4 Å². The fourth-order valence-electron chi connectivity index (χ4n) is 2.72. The van der Waals surface area contributed by atoms with Crippen LogP contribution in [0, 0.1) is 0 Å². The fraction of sp³-hybridized carbons (Fsp3) is 0.0455. The van der Waals surface area contributed by atoms with Gasteiger partial charge in [0.2, 0.25) is 5.13 Å². The van der Waals surface area contributed by atoms with Gasteiger partial charge in [0.05, 0.1) is 19.1 Å². The molecule has 0 aliphatic carbocycles. The number of methoxy groups -OCH3 is 1. The van der Waals surface area contributed by atoms with Crippen LogP contribution >= 0.6 is 11.3 Å². The first-order valence-corrected chi connectivity index (χ1v) is 9.87. The van der Waals surface area contributed by atoms with Crippen molar-refractivity contribution in [2.45, 2.75) is 0 Å². The molecule has 2 amide bonds. The van der Waals surface area contributed by atoms with Crippen LogP contribution in [0.4, 0.5) is 5.13 Å². The van der Waals surface area contributed by atoms with Crippen molar-refractivity contribution in [1.29, 1.82) is 0 Å². The van der Waals surface area contributed by atoms with E-state index in [2.05, 4.69) is 10.4 Å². The van der Waals surface area contributed by atoms with Crippen LogP contribution in [0.15, 0.2) is 82.8 Å². The van der Waals surface area contributed by atoms with Gasteiger partial charge in [0.1, 0.15) is 5.75 Å². The Balaban J connectivity index is 1.66. The second-order valence-corrected chi connectivity index (χ2v) is 7.01. The maximum absolute atomic E-state index is 13.1. The number of nitrogens with one attached hydrogen (secondary N) is 1. The normalized spacial score (nSPS) is 10.4. The molecule has 0 aliphatic heterocycles. The number of hydrogen-bond acceptors (Lipinski definition) is 6. The van der Waals surface area contributed by atoms with Gasteiger partial charge in [-0.1, -0.05) is 18.2 Å². The molecule has 1 N–H and O–H groups in total. The number of hydrogen-bond donors (Lipinski definition) is 1. The third-order valence-electron chi connectivity index (χ3n) is 4.25. The molecule has 0 unspecified atom stereocenters. The summed E-state index contributed by atoms with van der Waals surface area (Å²) in [6.07, 6.45) is 1.39. The maximum atomic E-state index is 13.1. The van der Waals surface area contributed by atoms with Gasteiger partial charge in [0, 0.05) is 16.5 Å². The van der Waals surface area contributed by atoms with Gasteiger partial charge < -0.3 is 9.15 Å². The Hall–Kier alpha value is -3.91. The Labute approximate surface area is 176 Å². The number of carbonyl (C=O) groups is 2. The summed E-state index contributed by atoms with van der Waals surface area (Å²) in [5.74, 6) is -0.134. The van der Waals surface area contributed by atoms with E-state index in [4.69, 9.17) is 9.15 Å². The zero-order valence-corrected chi connectivity index (χ0v) is 16.8. The van der Waals surface area contributed by atoms with Gasteiger partial charge in [-0.25, -0.2) is 4.98 Å². The van der Waals surface area contributed by atoms with E-state index < -0.39 is 11.8 Å². The predicted octanol–water partition coefficient (Wildman–Crippen LogP) is 4.40. The third-order valence-corrected chi connectivity index (χ3v) is 5.08. The highest BCUT2D eigenvalue weighted by atomic mass is 32.1. The molecular weight excluding hydrogens is 402 g/mol. The van der Waals surface area contributed by atoms with Crippen molar-refractivity contribution in [2.75, 3.05) is 12.1 Å². The Bertz CT molecular complexity index is 1140. The van der Waals surface area contributed by atoms with Crippen LogP contribution in [0.2, 0.25) is 0 Å². The van der Waals surface area contributed by atoms with Crippen LogP contribution in [-0.4, -0.2) is 23.9 Å². The first kappa shape index (κ1) is 19.4. The standard InChI is InChI=1S/C22H17N3O4S/c1-28-17-11-9-15(10-12-17)18-14-30-22(23-18)25(21(27)16-6-3-2-4-7-16)24-20(26)19-8-5-13-29-19/h2-14H,1H3,(H,24,26). The highest BCUT2D eigenvalue weighted by Crippen LogP contribution is 2.29. The molecular formula is C22H17N3O4S. The quantitative estimate of drug-likeness (QED) is 0.485. The van der Waals surface area contributed by atoms with Gasteiger partial charge in [-0.2, -0.15) is 5.01 Å². The van der Waals surface area contributed by atoms with Crippen molar-refractivity contribution in [2.24, 2.45) is 0 Å². The molecule has 150 valence electrons. The minimum atomic E-state index is -0.550. The van der Waals surface area contributed by atoms with E-state index in [1.807, 2.05) is 35.7 Å². The van der Waals surface area contributed by atoms with Crippen molar-refractivity contribution in [3.8, 4) is 17.0 Å². The number of nitrogens with zero attached hydrogens (tertiary/aromatic N) is 2. The summed E-state index contributed by atoms with van der Waals surface area (Å²) in [5, 5.41) is 3.29. The number of benzene rings is 2. The van der Waals surface area contributed by atoms with E-state index in [1.165, 1.54) is 23.7 Å². The van der Waals surface area contributed by atoms with Gasteiger partial charge in [-0.05, 0) is 48.5 Å². The van der Waals surface area contributed by atoms with Gasteiger partial charge in [0.25, 0.3) is 5.91 Å². The molecule has 4 aromatic rings. The monoisotopic (exact) mass is 419 g/mol. The number of ether oxygens (including phenoxy) is 1. The van der Waals surface area contributed by atoms with Crippen LogP contribution in [0.1, 0.15) is 20.9 Å². The van der Waals surface area contributed by atoms with Gasteiger partial charge in [-0.15, -0.1) is 11.3 Å². The molecule has 0 bridgehead atoms. The first-order chi connectivity index (χ1) is 14.7. The van der Waals surface area contributed by atoms with Crippen LogP contribution in [0.3, 0.4) is 0 Å². The summed E-state index contributed by atoms with van der Waals surface area (Å²) < 4.78 is 10.3. The number of rotatable bonds is 5. The summed E-state index contributed by atoms with van der Waals surface area (Å²) in [5.41, 5.74) is 4.55. The lowest BCUT2D eigenvalue weighted by atomic mass is 10.2. The Morgan fingerprint density at radius 1 is 1.03 bits per heavy atom. The molecule has 30 heavy (non-hydrogen) atoms. The third kappa shape index (κ3) is 4.08. The van der Waals surface area contributed by atoms with Crippen molar-refractivity contribution in [1.82, 2.24) is 10.4 Å². The summed E-state index contributed by atoms with van der Waals surface area (Å²) in [6, 6.07) is 19.2. The van der Waals surface area contributed by atoms with E-state index >= 15 is 0 Å². The van der Waals surface area contributed by atoms with Crippen LogP contribution in [0.5, 0.6) is 5.75 Å². The largest absolute Gasteiger partial charge is 0.497 e. The first-order valence-electron chi connectivity index (χ1n) is 8.99. The molecule has 8 heteroatoms. The molecule has 0 radical (unpaired) electrons. The van der Waals surface area contributed by atoms with Crippen molar-refractivity contribution >= 4 is 28.3 Å². The van der Waals surface area contributed by atoms with Crippen molar-refractivity contribution in [3.63, 3.8) is 0 Å². The molecule has 0 aliphatic rings. The molecule has 2 aromatic heterocycles. The van der Waals surface area contributed by atoms with E-state index in [-0.39, 0.29) is 5.76 Å². The molecule has 0 fully saturated rings. The second-order valence-electron chi connectivity index (χ2n) is 6.17. The highest BCUT2D eigenvalue weighted by Gasteiger charge is 2.24. The summed E-state index contributed by atoms with van der Waals surface area (Å²) in [7, 11) is 1.60. The lowest BCUT2D eigenvalue weighted by Crippen LogP contribution is -2.46. The van der Waals surface area contributed by atoms with E-state index in [0.717, 1.165) is 16.3 Å². The predicted molar refractivity (Wildman–Crippen MR) is 114 cm³/mol. The zero-order valence-electron chi connectivity index (χ0n) is 15.9. The van der Waals surface area contributed by atoms with Crippen molar-refractivity contribution < 1.29 is 18.7 Å². The summed E-state index contributed by atoms with van der Waals surface area (Å²) in [6.45, 7) is 0. The summed E-state index contributed by atoms with van der Waals surface area (Å²) >= 11 is 1.24. The lowest BCUT2D eigenvalue weighted by Gasteiger charge is -2.20. The zero-order chi connectivity index (χ0) is 20.9. The SMILES string of the molecule is COc1ccc(-c2csc(N(NC(=O)c3ccco3)C(=O)c3ccccc3)n2)cc1. The van der Waals surface area contributed by atoms with Crippen LogP contribution in [0.25, 0.3) is 11.3 Å². The molecule has 2 heterocycles. The highest BCUT2D eigenvalue weighted by molar-refractivity contribution is 7.14. The number of carbonyl (C=O) groups excluding carboxylic acids is 2. The van der Waals surface area contributed by atoms with Gasteiger partial charge in [0.15, 0.2) is 5.76 Å². The number of amides is 2. The Morgan fingerprint density at radius 3 is 2.47 bits per heavy atom. The number of thiazole rings is 1. The maximum Gasteiger partial charge on any atom is 0.305 e. The average Bonchev–Trinajstić information content (AvgIpc) is 3.50. The number of furan rings is 1. The van der Waals surface area contributed by atoms with E-state index in [1.54, 1.807) is 37.4 Å².